The zero-order valence-electron chi connectivity index (χ0n) is 20.0. The van der Waals surface area contributed by atoms with Gasteiger partial charge in [0.15, 0.2) is 11.3 Å². The normalized spacial score (nSPS) is 14.9. The maximum atomic E-state index is 12.4. The molecule has 0 saturated carbocycles. The van der Waals surface area contributed by atoms with Gasteiger partial charge in [0, 0.05) is 50.0 Å². The third-order valence-corrected chi connectivity index (χ3v) is 6.70. The average Bonchev–Trinajstić information content (AvgIpc) is 2.84. The number of ether oxygens (including phenoxy) is 2. The summed E-state index contributed by atoms with van der Waals surface area (Å²) in [5.41, 5.74) is 0.712. The minimum absolute atomic E-state index is 0.304. The fourth-order valence-corrected chi connectivity index (χ4v) is 4.57. The lowest BCUT2D eigenvalue weighted by molar-refractivity contribution is 0.151. The molecule has 0 spiro atoms. The maximum absolute atomic E-state index is 12.4. The Balaban J connectivity index is 1.46. The van der Waals surface area contributed by atoms with E-state index in [0.29, 0.717) is 50.5 Å². The quantitative estimate of drug-likeness (QED) is 0.294. The number of benzene rings is 1. The first-order chi connectivity index (χ1) is 17.0. The third kappa shape index (κ3) is 6.38. The number of halogens is 2. The number of fused-ring (bicyclic) bond motifs is 1. The topological polar surface area (TPSA) is 80.1 Å². The molecule has 3 heterocycles. The second-order valence-electron chi connectivity index (χ2n) is 8.61. The lowest BCUT2D eigenvalue weighted by atomic mass is 10.1. The van der Waals surface area contributed by atoms with Gasteiger partial charge in [-0.25, -0.2) is 4.79 Å². The van der Waals surface area contributed by atoms with Crippen molar-refractivity contribution in [3.8, 4) is 11.5 Å². The van der Waals surface area contributed by atoms with Gasteiger partial charge in [-0.05, 0) is 45.0 Å². The fourth-order valence-electron chi connectivity index (χ4n) is 4.11. The number of nitrogens with one attached hydrogen (secondary N) is 1. The van der Waals surface area contributed by atoms with E-state index in [0.717, 1.165) is 52.0 Å². The summed E-state index contributed by atoms with van der Waals surface area (Å²) in [4.78, 5) is 21.3. The predicted molar refractivity (Wildman–Crippen MR) is 140 cm³/mol. The van der Waals surface area contributed by atoms with Crippen molar-refractivity contribution in [2.75, 3.05) is 58.8 Å². The van der Waals surface area contributed by atoms with Crippen LogP contribution in [0.25, 0.3) is 11.0 Å². The van der Waals surface area contributed by atoms with Crippen molar-refractivity contribution >= 4 is 45.5 Å². The largest absolute Gasteiger partial charge is 0.493 e. The van der Waals surface area contributed by atoms with E-state index in [-0.39, 0.29) is 0 Å². The van der Waals surface area contributed by atoms with Crippen LogP contribution in [-0.2, 0) is 0 Å². The minimum Gasteiger partial charge on any atom is -0.493 e. The molecule has 1 aliphatic heterocycles. The highest BCUT2D eigenvalue weighted by atomic mass is 35.5. The van der Waals surface area contributed by atoms with Crippen molar-refractivity contribution in [2.24, 2.45) is 0 Å². The van der Waals surface area contributed by atoms with Crippen molar-refractivity contribution in [3.05, 3.63) is 51.1 Å². The van der Waals surface area contributed by atoms with E-state index in [2.05, 4.69) is 27.1 Å². The molecule has 1 aliphatic rings. The fraction of sp³-hybridized carbons (Fsp3) is 0.440. The molecular weight excluding hydrogens is 491 g/mol. The molecule has 1 aromatic carbocycles. The van der Waals surface area contributed by atoms with E-state index in [1.807, 2.05) is 0 Å². The zero-order valence-corrected chi connectivity index (χ0v) is 21.5. The van der Waals surface area contributed by atoms with Crippen LogP contribution >= 0.6 is 23.2 Å². The Hall–Kier alpha value is -2.52. The molecule has 1 saturated heterocycles. The Bertz CT molecular complexity index is 1190. The van der Waals surface area contributed by atoms with Crippen LogP contribution in [0.4, 0.5) is 11.4 Å². The van der Waals surface area contributed by atoms with Crippen molar-refractivity contribution in [1.82, 2.24) is 14.8 Å². The van der Waals surface area contributed by atoms with Crippen LogP contribution in [-0.4, -0.2) is 68.3 Å². The van der Waals surface area contributed by atoms with Gasteiger partial charge in [-0.1, -0.05) is 23.2 Å². The number of methoxy groups -OCH3 is 1. The van der Waals surface area contributed by atoms with E-state index in [4.69, 9.17) is 37.1 Å². The highest BCUT2D eigenvalue weighted by Gasteiger charge is 2.18. The molecule has 2 aromatic heterocycles. The number of rotatable bonds is 10. The number of nitrogens with zero attached hydrogens (tertiary/aromatic N) is 3. The van der Waals surface area contributed by atoms with Crippen molar-refractivity contribution in [1.29, 1.82) is 0 Å². The van der Waals surface area contributed by atoms with Gasteiger partial charge in [0.2, 0.25) is 5.75 Å². The third-order valence-electron chi connectivity index (χ3n) is 6.13. The number of hydrogen-bond acceptors (Lipinski definition) is 8. The smallest absolute Gasteiger partial charge is 0.338 e. The van der Waals surface area contributed by atoms with Crippen molar-refractivity contribution in [3.63, 3.8) is 0 Å². The molecule has 0 atom stereocenters. The zero-order chi connectivity index (χ0) is 24.8. The van der Waals surface area contributed by atoms with Crippen LogP contribution in [0.2, 0.25) is 10.0 Å². The summed E-state index contributed by atoms with van der Waals surface area (Å²) in [6, 6.07) is 4.93. The van der Waals surface area contributed by atoms with E-state index < -0.39 is 5.63 Å². The maximum Gasteiger partial charge on any atom is 0.338 e. The molecule has 4 rings (SSSR count). The highest BCUT2D eigenvalue weighted by Crippen LogP contribution is 2.40. The molecular formula is C25H30Cl2N4O4. The molecule has 188 valence electrons. The van der Waals surface area contributed by atoms with Crippen LogP contribution in [0, 0.1) is 0 Å². The second-order valence-corrected chi connectivity index (χ2v) is 9.42. The Morgan fingerprint density at radius 3 is 2.54 bits per heavy atom. The number of likely N-dealkylation sites (N-methyl/N-ethyl adjacent to an activating group) is 1. The standard InChI is InChI=1S/C25H30Cl2N4O4/c1-30-9-11-31(12-10-30)8-4-3-5-13-34-25-21(33-2)7-6-17-20(14-22(32)35-24(17)25)29-23-18(26)15-28-16-19(23)27/h6-7,14-16H,3-5,8-13H2,1-2H3,(H,28,29). The molecule has 3 aromatic rings. The van der Waals surface area contributed by atoms with Gasteiger partial charge in [0.25, 0.3) is 0 Å². The van der Waals surface area contributed by atoms with Crippen LogP contribution in [0.1, 0.15) is 19.3 Å². The first-order valence-corrected chi connectivity index (χ1v) is 12.5. The van der Waals surface area contributed by atoms with Gasteiger partial charge in [-0.3, -0.25) is 4.98 Å². The van der Waals surface area contributed by atoms with Gasteiger partial charge < -0.3 is 29.0 Å². The van der Waals surface area contributed by atoms with E-state index >= 15 is 0 Å². The van der Waals surface area contributed by atoms with Crippen molar-refractivity contribution in [2.45, 2.75) is 19.3 Å². The number of hydrogen-bond donors (Lipinski definition) is 1. The molecule has 1 N–H and O–H groups in total. The van der Waals surface area contributed by atoms with Gasteiger partial charge in [-0.15, -0.1) is 0 Å². The Morgan fingerprint density at radius 2 is 1.83 bits per heavy atom. The number of aromatic nitrogens is 1. The number of piperazine rings is 1. The first-order valence-electron chi connectivity index (χ1n) is 11.7. The van der Waals surface area contributed by atoms with Crippen LogP contribution in [0.3, 0.4) is 0 Å². The molecule has 0 bridgehead atoms. The molecule has 10 heteroatoms. The van der Waals surface area contributed by atoms with Gasteiger partial charge in [0.1, 0.15) is 0 Å². The van der Waals surface area contributed by atoms with E-state index in [9.17, 15) is 4.79 Å². The van der Waals surface area contributed by atoms with Crippen LogP contribution in [0.5, 0.6) is 11.5 Å². The summed E-state index contributed by atoms with van der Waals surface area (Å²) in [7, 11) is 3.72. The number of pyridine rings is 1. The molecule has 8 nitrogen and oxygen atoms in total. The van der Waals surface area contributed by atoms with E-state index in [1.165, 1.54) is 18.5 Å². The summed E-state index contributed by atoms with van der Waals surface area (Å²) in [5, 5.41) is 4.44. The minimum atomic E-state index is -0.536. The summed E-state index contributed by atoms with van der Waals surface area (Å²) in [6.45, 7) is 6.12. The number of unbranched alkanes of at least 4 members (excludes halogenated alkanes) is 2. The van der Waals surface area contributed by atoms with Gasteiger partial charge in [-0.2, -0.15) is 0 Å². The monoisotopic (exact) mass is 520 g/mol. The summed E-state index contributed by atoms with van der Waals surface area (Å²) in [6.07, 6.45) is 6.01. The molecule has 0 aliphatic carbocycles. The molecule has 1 fully saturated rings. The summed E-state index contributed by atoms with van der Waals surface area (Å²) >= 11 is 12.5. The second kappa shape index (κ2) is 11.9. The lowest BCUT2D eigenvalue weighted by Gasteiger charge is -2.32. The van der Waals surface area contributed by atoms with Gasteiger partial charge >= 0.3 is 5.63 Å². The molecule has 0 unspecified atom stereocenters. The Kier molecular flexibility index (Phi) is 8.73. The Morgan fingerprint density at radius 1 is 1.09 bits per heavy atom. The molecule has 0 amide bonds. The average molecular weight is 521 g/mol. The van der Waals surface area contributed by atoms with Gasteiger partial charge in [0.05, 0.1) is 35.1 Å². The van der Waals surface area contributed by atoms with Crippen LogP contribution in [0.15, 0.2) is 39.8 Å². The first kappa shape index (κ1) is 25.6. The van der Waals surface area contributed by atoms with Crippen LogP contribution < -0.4 is 20.4 Å². The molecule has 35 heavy (non-hydrogen) atoms. The van der Waals surface area contributed by atoms with Crippen molar-refractivity contribution < 1.29 is 13.9 Å². The van der Waals surface area contributed by atoms with E-state index in [1.54, 1.807) is 19.2 Å². The summed E-state index contributed by atoms with van der Waals surface area (Å²) in [5.74, 6) is 0.895. The number of anilines is 2. The lowest BCUT2D eigenvalue weighted by Crippen LogP contribution is -2.44. The molecule has 0 radical (unpaired) electrons. The summed E-state index contributed by atoms with van der Waals surface area (Å²) < 4.78 is 17.1. The SMILES string of the molecule is COc1ccc2c(Nc3c(Cl)cncc3Cl)cc(=O)oc2c1OCCCCCN1CCN(C)CC1. The highest BCUT2D eigenvalue weighted by molar-refractivity contribution is 6.39. The Labute approximate surface area is 214 Å². The predicted octanol–water partition coefficient (Wildman–Crippen LogP) is 5.04.